The van der Waals surface area contributed by atoms with Crippen LogP contribution in [0.25, 0.3) is 0 Å². The van der Waals surface area contributed by atoms with Crippen LogP contribution in [0.2, 0.25) is 0 Å². The Hall–Kier alpha value is -3.07. The van der Waals surface area contributed by atoms with Gasteiger partial charge < -0.3 is 19.5 Å². The summed E-state index contributed by atoms with van der Waals surface area (Å²) in [4.78, 5) is 36.5. The summed E-state index contributed by atoms with van der Waals surface area (Å²) < 4.78 is 15.8. The van der Waals surface area contributed by atoms with Crippen molar-refractivity contribution in [3.05, 3.63) is 40.6 Å². The standard InChI is InChI=1S/C20H24N2O6S/c1-3-26-16-9-7-14(12-17(16)27-4-2)21-20(25)22-18(23)13-28-19(24)10-8-15-6-5-11-29-15/h5-7,9,11-12H,3-4,8,10,13H2,1-2H3,(H2,21,22,23,25). The normalized spacial score (nSPS) is 10.1. The second-order valence-electron chi connectivity index (χ2n) is 5.77. The molecular formula is C20H24N2O6S. The number of hydrogen-bond acceptors (Lipinski definition) is 7. The summed E-state index contributed by atoms with van der Waals surface area (Å²) >= 11 is 1.55. The van der Waals surface area contributed by atoms with Gasteiger partial charge in [0.05, 0.1) is 19.6 Å². The molecule has 29 heavy (non-hydrogen) atoms. The van der Waals surface area contributed by atoms with Crippen molar-refractivity contribution in [2.75, 3.05) is 25.1 Å². The van der Waals surface area contributed by atoms with E-state index in [0.717, 1.165) is 4.88 Å². The number of aryl methyl sites for hydroxylation is 1. The number of imide groups is 1. The molecule has 1 aromatic heterocycles. The number of amides is 3. The third-order valence-electron chi connectivity index (χ3n) is 3.57. The first-order valence-electron chi connectivity index (χ1n) is 9.20. The van der Waals surface area contributed by atoms with Crippen LogP contribution in [0.3, 0.4) is 0 Å². The summed E-state index contributed by atoms with van der Waals surface area (Å²) in [6, 6.07) is 7.98. The van der Waals surface area contributed by atoms with Crippen LogP contribution in [-0.4, -0.2) is 37.7 Å². The second kappa shape index (κ2) is 11.7. The summed E-state index contributed by atoms with van der Waals surface area (Å²) in [5, 5.41) is 6.56. The van der Waals surface area contributed by atoms with Crippen molar-refractivity contribution < 1.29 is 28.6 Å². The molecule has 0 radical (unpaired) electrons. The fraction of sp³-hybridized carbons (Fsp3) is 0.350. The number of carbonyl (C=O) groups is 3. The second-order valence-corrected chi connectivity index (χ2v) is 6.80. The quantitative estimate of drug-likeness (QED) is 0.571. The number of rotatable bonds is 10. The highest BCUT2D eigenvalue weighted by Crippen LogP contribution is 2.30. The van der Waals surface area contributed by atoms with Crippen molar-refractivity contribution in [2.24, 2.45) is 0 Å². The summed E-state index contributed by atoms with van der Waals surface area (Å²) in [5.41, 5.74) is 0.426. The number of ether oxygens (including phenoxy) is 3. The van der Waals surface area contributed by atoms with E-state index in [-0.39, 0.29) is 6.42 Å². The molecule has 0 aliphatic heterocycles. The lowest BCUT2D eigenvalue weighted by Crippen LogP contribution is -2.37. The maximum Gasteiger partial charge on any atom is 0.325 e. The highest BCUT2D eigenvalue weighted by molar-refractivity contribution is 7.09. The molecule has 0 fully saturated rings. The molecule has 0 aliphatic rings. The Labute approximate surface area is 173 Å². The lowest BCUT2D eigenvalue weighted by Gasteiger charge is -2.13. The molecule has 0 saturated heterocycles. The SMILES string of the molecule is CCOc1ccc(NC(=O)NC(=O)COC(=O)CCc2cccs2)cc1OCC. The van der Waals surface area contributed by atoms with Gasteiger partial charge in [0.25, 0.3) is 5.91 Å². The van der Waals surface area contributed by atoms with Crippen LogP contribution in [0, 0.1) is 0 Å². The number of hydrogen-bond donors (Lipinski definition) is 2. The van der Waals surface area contributed by atoms with E-state index in [1.807, 2.05) is 31.4 Å². The molecule has 0 atom stereocenters. The zero-order chi connectivity index (χ0) is 21.1. The Bertz CT molecular complexity index is 822. The van der Waals surface area contributed by atoms with E-state index in [1.54, 1.807) is 29.5 Å². The minimum Gasteiger partial charge on any atom is -0.490 e. The Morgan fingerprint density at radius 3 is 2.48 bits per heavy atom. The molecule has 3 amide bonds. The predicted molar refractivity (Wildman–Crippen MR) is 110 cm³/mol. The van der Waals surface area contributed by atoms with Crippen LogP contribution >= 0.6 is 11.3 Å². The monoisotopic (exact) mass is 420 g/mol. The van der Waals surface area contributed by atoms with Gasteiger partial charge >= 0.3 is 12.0 Å². The van der Waals surface area contributed by atoms with E-state index in [1.165, 1.54) is 0 Å². The number of benzene rings is 1. The topological polar surface area (TPSA) is 103 Å². The lowest BCUT2D eigenvalue weighted by molar-refractivity contribution is -0.148. The average molecular weight is 420 g/mol. The molecule has 2 aromatic rings. The van der Waals surface area contributed by atoms with Crippen molar-refractivity contribution in [3.8, 4) is 11.5 Å². The molecule has 2 N–H and O–H groups in total. The highest BCUT2D eigenvalue weighted by Gasteiger charge is 2.13. The van der Waals surface area contributed by atoms with Crippen LogP contribution < -0.4 is 20.1 Å². The first-order chi connectivity index (χ1) is 14.0. The lowest BCUT2D eigenvalue weighted by atomic mass is 10.2. The van der Waals surface area contributed by atoms with E-state index in [4.69, 9.17) is 14.2 Å². The van der Waals surface area contributed by atoms with Gasteiger partial charge in [0.15, 0.2) is 18.1 Å². The molecule has 9 heteroatoms. The van der Waals surface area contributed by atoms with Gasteiger partial charge in [-0.15, -0.1) is 11.3 Å². The minimum absolute atomic E-state index is 0.173. The van der Waals surface area contributed by atoms with E-state index in [2.05, 4.69) is 10.6 Å². The van der Waals surface area contributed by atoms with E-state index in [0.29, 0.717) is 36.8 Å². The molecule has 0 aliphatic carbocycles. The van der Waals surface area contributed by atoms with Crippen LogP contribution in [0.1, 0.15) is 25.1 Å². The van der Waals surface area contributed by atoms with Crippen LogP contribution in [-0.2, 0) is 20.7 Å². The molecule has 156 valence electrons. The first-order valence-corrected chi connectivity index (χ1v) is 10.1. The number of nitrogens with one attached hydrogen (secondary N) is 2. The number of anilines is 1. The molecule has 1 aromatic carbocycles. The molecule has 2 rings (SSSR count). The first kappa shape index (κ1) is 22.2. The maximum absolute atomic E-state index is 12.0. The van der Waals surface area contributed by atoms with Crippen LogP contribution in [0.15, 0.2) is 35.7 Å². The third-order valence-corrected chi connectivity index (χ3v) is 4.51. The number of thiophene rings is 1. The Morgan fingerprint density at radius 2 is 1.79 bits per heavy atom. The number of urea groups is 1. The van der Waals surface area contributed by atoms with Gasteiger partial charge in [0, 0.05) is 16.6 Å². The zero-order valence-corrected chi connectivity index (χ0v) is 17.2. The van der Waals surface area contributed by atoms with E-state index < -0.39 is 24.5 Å². The maximum atomic E-state index is 12.0. The zero-order valence-electron chi connectivity index (χ0n) is 16.4. The van der Waals surface area contributed by atoms with Gasteiger partial charge in [-0.25, -0.2) is 4.79 Å². The third kappa shape index (κ3) is 7.82. The number of esters is 1. The average Bonchev–Trinajstić information content (AvgIpc) is 3.20. The molecule has 0 spiro atoms. The predicted octanol–water partition coefficient (Wildman–Crippen LogP) is 3.37. The van der Waals surface area contributed by atoms with Crippen molar-refractivity contribution in [1.82, 2.24) is 5.32 Å². The van der Waals surface area contributed by atoms with Gasteiger partial charge in [-0.2, -0.15) is 0 Å². The van der Waals surface area contributed by atoms with Crippen molar-refractivity contribution >= 4 is 34.9 Å². The van der Waals surface area contributed by atoms with Gasteiger partial charge in [0.1, 0.15) is 0 Å². The van der Waals surface area contributed by atoms with Crippen LogP contribution in [0.4, 0.5) is 10.5 Å². The molecule has 0 bridgehead atoms. The molecule has 0 saturated carbocycles. The molecule has 8 nitrogen and oxygen atoms in total. The van der Waals surface area contributed by atoms with Crippen LogP contribution in [0.5, 0.6) is 11.5 Å². The largest absolute Gasteiger partial charge is 0.490 e. The van der Waals surface area contributed by atoms with E-state index >= 15 is 0 Å². The summed E-state index contributed by atoms with van der Waals surface area (Å²) in [5.74, 6) is -0.172. The summed E-state index contributed by atoms with van der Waals surface area (Å²) in [7, 11) is 0. The van der Waals surface area contributed by atoms with Crippen molar-refractivity contribution in [2.45, 2.75) is 26.7 Å². The van der Waals surface area contributed by atoms with Gasteiger partial charge in [-0.1, -0.05) is 6.07 Å². The van der Waals surface area contributed by atoms with E-state index in [9.17, 15) is 14.4 Å². The summed E-state index contributed by atoms with van der Waals surface area (Å²) in [6.07, 6.45) is 0.727. The number of carbonyl (C=O) groups excluding carboxylic acids is 3. The Kier molecular flexibility index (Phi) is 8.97. The summed E-state index contributed by atoms with van der Waals surface area (Å²) in [6.45, 7) is 4.09. The van der Waals surface area contributed by atoms with Crippen molar-refractivity contribution in [1.29, 1.82) is 0 Å². The molecule has 0 unspecified atom stereocenters. The minimum atomic E-state index is -0.740. The Morgan fingerprint density at radius 1 is 1.03 bits per heavy atom. The van der Waals surface area contributed by atoms with Gasteiger partial charge in [-0.05, 0) is 43.8 Å². The Balaban J connectivity index is 1.76. The van der Waals surface area contributed by atoms with Gasteiger partial charge in [0.2, 0.25) is 0 Å². The fourth-order valence-corrected chi connectivity index (χ4v) is 3.06. The smallest absolute Gasteiger partial charge is 0.325 e. The van der Waals surface area contributed by atoms with Crippen molar-refractivity contribution in [3.63, 3.8) is 0 Å². The molecule has 1 heterocycles. The highest BCUT2D eigenvalue weighted by atomic mass is 32.1. The molecular weight excluding hydrogens is 396 g/mol. The van der Waals surface area contributed by atoms with Gasteiger partial charge in [-0.3, -0.25) is 14.9 Å². The fourth-order valence-electron chi connectivity index (χ4n) is 2.35.